The number of anilines is 2. The lowest BCUT2D eigenvalue weighted by Crippen LogP contribution is -2.07. The Kier molecular flexibility index (Phi) is 5.44. The highest BCUT2D eigenvalue weighted by Crippen LogP contribution is 2.30. The number of nitrogen functional groups attached to an aromatic ring is 1. The molecule has 1 amide bonds. The summed E-state index contributed by atoms with van der Waals surface area (Å²) in [4.78, 5) is 26.7. The van der Waals surface area contributed by atoms with Crippen LogP contribution in [-0.4, -0.2) is 17.4 Å². The number of nitrogens with zero attached hydrogens (tertiary/aromatic N) is 1. The van der Waals surface area contributed by atoms with E-state index in [1.165, 1.54) is 19.1 Å². The van der Waals surface area contributed by atoms with Crippen LogP contribution in [0.3, 0.4) is 0 Å². The molecule has 0 aliphatic heterocycles. The topological polar surface area (TPSA) is 84.6 Å². The van der Waals surface area contributed by atoms with E-state index < -0.39 is 0 Å². The van der Waals surface area contributed by atoms with E-state index in [0.717, 1.165) is 5.56 Å². The number of nitrogens with one attached hydrogen (secondary N) is 1. The van der Waals surface area contributed by atoms with E-state index in [4.69, 9.17) is 5.73 Å². The quantitative estimate of drug-likeness (QED) is 0.651. The Morgan fingerprint density at radius 1 is 1.19 bits per heavy atom. The largest absolute Gasteiger partial charge is 0.398 e. The number of amides is 1. The zero-order chi connectivity index (χ0) is 14.7. The number of aliphatic imine (C=N–C) groups is 1. The van der Waals surface area contributed by atoms with Crippen molar-refractivity contribution in [3.05, 3.63) is 42.0 Å². The van der Waals surface area contributed by atoms with E-state index in [-0.39, 0.29) is 24.1 Å². The Hall–Kier alpha value is -2.40. The highest BCUT2D eigenvalue weighted by Gasteiger charge is 2.08. The maximum Gasteiger partial charge on any atom is 0.221 e. The van der Waals surface area contributed by atoms with Gasteiger partial charge in [0.15, 0.2) is 5.78 Å². The zero-order valence-corrected chi connectivity index (χ0v) is 12.5. The fraction of sp³-hybridized carbons (Fsp3) is 0.133. The van der Waals surface area contributed by atoms with E-state index in [1.54, 1.807) is 24.3 Å². The highest BCUT2D eigenvalue weighted by molar-refractivity contribution is 6.17. The Morgan fingerprint density at radius 2 is 1.81 bits per heavy atom. The molecule has 6 heteroatoms. The van der Waals surface area contributed by atoms with E-state index >= 15 is 0 Å². The molecule has 0 unspecified atom stereocenters. The van der Waals surface area contributed by atoms with Crippen molar-refractivity contribution in [3.63, 3.8) is 0 Å². The molecular formula is C15H16ClN3O2. The van der Waals surface area contributed by atoms with Crippen molar-refractivity contribution in [1.29, 1.82) is 0 Å². The summed E-state index contributed by atoms with van der Waals surface area (Å²) in [5, 5.41) is 2.70. The second-order valence-corrected chi connectivity index (χ2v) is 4.51. The molecule has 1 aliphatic carbocycles. The number of rotatable bonds is 2. The number of nitrogens with two attached hydrogens (primary N) is 1. The molecule has 2 rings (SSSR count). The first kappa shape index (κ1) is 16.7. The van der Waals surface area contributed by atoms with Crippen LogP contribution in [0, 0.1) is 6.92 Å². The molecule has 0 bridgehead atoms. The fourth-order valence-corrected chi connectivity index (χ4v) is 1.75. The van der Waals surface area contributed by atoms with Crippen LogP contribution in [0.15, 0.2) is 41.4 Å². The minimum atomic E-state index is -0.195. The molecule has 21 heavy (non-hydrogen) atoms. The summed E-state index contributed by atoms with van der Waals surface area (Å²) in [5.74, 6) is -0.265. The number of halogens is 1. The van der Waals surface area contributed by atoms with E-state index in [0.29, 0.717) is 22.8 Å². The van der Waals surface area contributed by atoms with Gasteiger partial charge in [0, 0.05) is 12.6 Å². The third-order valence-corrected chi connectivity index (χ3v) is 2.78. The lowest BCUT2D eigenvalue weighted by molar-refractivity contribution is -0.114. The summed E-state index contributed by atoms with van der Waals surface area (Å²) >= 11 is 0. The van der Waals surface area contributed by atoms with E-state index in [9.17, 15) is 9.59 Å². The highest BCUT2D eigenvalue weighted by atomic mass is 35.5. The first-order chi connectivity index (χ1) is 9.45. The van der Waals surface area contributed by atoms with Gasteiger partial charge < -0.3 is 11.1 Å². The lowest BCUT2D eigenvalue weighted by Gasteiger charge is -2.10. The number of hydrogen-bond acceptors (Lipinski definition) is 4. The molecular weight excluding hydrogens is 290 g/mol. The molecule has 0 radical (unpaired) electrons. The predicted octanol–water partition coefficient (Wildman–Crippen LogP) is 2.73. The number of ketones is 1. The second-order valence-electron chi connectivity index (χ2n) is 4.51. The van der Waals surface area contributed by atoms with Gasteiger partial charge in [0.25, 0.3) is 0 Å². The van der Waals surface area contributed by atoms with Crippen LogP contribution in [-0.2, 0) is 9.59 Å². The summed E-state index contributed by atoms with van der Waals surface area (Å²) in [6.45, 7) is 3.29. The Labute approximate surface area is 129 Å². The van der Waals surface area contributed by atoms with Gasteiger partial charge in [-0.25, -0.2) is 4.99 Å². The van der Waals surface area contributed by atoms with Crippen molar-refractivity contribution in [2.45, 2.75) is 13.8 Å². The fourth-order valence-electron chi connectivity index (χ4n) is 1.75. The smallest absolute Gasteiger partial charge is 0.221 e. The summed E-state index contributed by atoms with van der Waals surface area (Å²) in [5.41, 5.74) is 9.09. The van der Waals surface area contributed by atoms with Crippen LogP contribution in [0.4, 0.5) is 17.1 Å². The van der Waals surface area contributed by atoms with Gasteiger partial charge in [-0.1, -0.05) is 0 Å². The third kappa shape index (κ3) is 4.29. The number of carbonyl (C=O) groups is 2. The van der Waals surface area contributed by atoms with Crippen LogP contribution in [0.5, 0.6) is 0 Å². The molecule has 3 N–H and O–H groups in total. The first-order valence-corrected chi connectivity index (χ1v) is 6.12. The second kappa shape index (κ2) is 6.85. The molecule has 0 saturated heterocycles. The summed E-state index contributed by atoms with van der Waals surface area (Å²) < 4.78 is 0. The first-order valence-electron chi connectivity index (χ1n) is 6.12. The van der Waals surface area contributed by atoms with Crippen LogP contribution >= 0.6 is 12.4 Å². The van der Waals surface area contributed by atoms with E-state index in [2.05, 4.69) is 10.3 Å². The average Bonchev–Trinajstić information content (AvgIpc) is 2.37. The van der Waals surface area contributed by atoms with Gasteiger partial charge in [0.05, 0.1) is 17.1 Å². The molecule has 0 aromatic heterocycles. The lowest BCUT2D eigenvalue weighted by atomic mass is 10.1. The maximum absolute atomic E-state index is 11.2. The molecule has 1 aliphatic rings. The molecule has 1 aromatic rings. The van der Waals surface area contributed by atoms with Crippen molar-refractivity contribution in [2.75, 3.05) is 11.1 Å². The van der Waals surface area contributed by atoms with Gasteiger partial charge in [-0.15, -0.1) is 12.4 Å². The Balaban J connectivity index is 0.00000220. The van der Waals surface area contributed by atoms with Gasteiger partial charge in [0.2, 0.25) is 5.91 Å². The van der Waals surface area contributed by atoms with Crippen molar-refractivity contribution in [1.82, 2.24) is 0 Å². The average molecular weight is 306 g/mol. The minimum Gasteiger partial charge on any atom is -0.398 e. The number of aryl methyl sites for hydroxylation is 1. The Morgan fingerprint density at radius 3 is 2.38 bits per heavy atom. The molecule has 0 spiro atoms. The van der Waals surface area contributed by atoms with Crippen molar-refractivity contribution in [3.8, 4) is 0 Å². The molecule has 0 fully saturated rings. The van der Waals surface area contributed by atoms with Crippen molar-refractivity contribution < 1.29 is 9.59 Å². The normalized spacial score (nSPS) is 12.9. The van der Waals surface area contributed by atoms with Gasteiger partial charge in [-0.3, -0.25) is 9.59 Å². The Bertz CT molecular complexity index is 658. The summed E-state index contributed by atoms with van der Waals surface area (Å²) in [7, 11) is 0. The van der Waals surface area contributed by atoms with Crippen molar-refractivity contribution >= 4 is 46.9 Å². The van der Waals surface area contributed by atoms with Crippen LogP contribution < -0.4 is 11.1 Å². The van der Waals surface area contributed by atoms with Crippen LogP contribution in [0.1, 0.15) is 12.5 Å². The SMILES string of the molecule is CC(=O)Nc1cc(N)c(C)cc1N=C1C=CC(=O)C=C1.Cl. The molecule has 0 saturated carbocycles. The number of allylic oxidation sites excluding steroid dienone is 4. The standard InChI is InChI=1S/C15H15N3O2.ClH/c1-9-7-14(15(8-13(9)16)17-10(2)19)18-11-3-5-12(20)6-4-11;/h3-8H,16H2,1-2H3,(H,17,19);1H. The molecule has 0 heterocycles. The minimum absolute atomic E-state index is 0. The number of benzene rings is 1. The maximum atomic E-state index is 11.2. The van der Waals surface area contributed by atoms with Crippen LogP contribution in [0.25, 0.3) is 0 Å². The molecule has 110 valence electrons. The molecule has 0 atom stereocenters. The van der Waals surface area contributed by atoms with Gasteiger partial charge >= 0.3 is 0 Å². The number of hydrogen-bond donors (Lipinski definition) is 2. The van der Waals surface area contributed by atoms with Crippen molar-refractivity contribution in [2.24, 2.45) is 4.99 Å². The predicted molar refractivity (Wildman–Crippen MR) is 87.5 cm³/mol. The molecule has 1 aromatic carbocycles. The van der Waals surface area contributed by atoms with Gasteiger partial charge in [-0.05, 0) is 48.9 Å². The zero-order valence-electron chi connectivity index (χ0n) is 11.7. The van der Waals surface area contributed by atoms with Gasteiger partial charge in [0.1, 0.15) is 0 Å². The monoisotopic (exact) mass is 305 g/mol. The number of carbonyl (C=O) groups excluding carboxylic acids is 2. The summed E-state index contributed by atoms with van der Waals surface area (Å²) in [6.07, 6.45) is 6.15. The van der Waals surface area contributed by atoms with Crippen LogP contribution in [0.2, 0.25) is 0 Å². The third-order valence-electron chi connectivity index (χ3n) is 2.78. The summed E-state index contributed by atoms with van der Waals surface area (Å²) in [6, 6.07) is 3.48. The van der Waals surface area contributed by atoms with E-state index in [1.807, 2.05) is 6.92 Å². The molecule has 5 nitrogen and oxygen atoms in total. The van der Waals surface area contributed by atoms with Gasteiger partial charge in [-0.2, -0.15) is 0 Å².